The summed E-state index contributed by atoms with van der Waals surface area (Å²) in [6.45, 7) is 4.81. The van der Waals surface area contributed by atoms with E-state index in [9.17, 15) is 9.59 Å². The molecule has 1 aromatic rings. The molecular weight excluding hydrogens is 364 g/mol. The standard InChI is InChI=1S/C24H32N2O3/c1-23-11-8-18-14(4-7-19-24(18,2)12-9-20(27)26(19)3)16(23)5-6-17(23)15-10-13-29-21(15)22(25)28/h9-10,12-14,16-19H,4-8,11H2,1-3H3,(H2,25,28)/t14-,16-,17?,18+,19?,23-,24+/m0/s1. The normalized spacial score (nSPS) is 43.6. The first kappa shape index (κ1) is 19.0. The van der Waals surface area contributed by atoms with Crippen molar-refractivity contribution in [3.05, 3.63) is 35.8 Å². The van der Waals surface area contributed by atoms with Crippen LogP contribution in [0.15, 0.2) is 28.9 Å². The predicted octanol–water partition coefficient (Wildman–Crippen LogP) is 4.10. The van der Waals surface area contributed by atoms with Crippen LogP contribution in [0.1, 0.15) is 74.4 Å². The Morgan fingerprint density at radius 1 is 1.17 bits per heavy atom. The SMILES string of the molecule is CN1C(=O)C=C[C@@]2(C)C1CC[C@@H]1[C@H]2CC[C@]2(C)C(c3ccoc3C(N)=O)CC[C@@H]12. The van der Waals surface area contributed by atoms with Gasteiger partial charge >= 0.3 is 0 Å². The number of hydrogen-bond donors (Lipinski definition) is 1. The molecule has 5 heteroatoms. The van der Waals surface area contributed by atoms with Crippen LogP contribution >= 0.6 is 0 Å². The van der Waals surface area contributed by atoms with Gasteiger partial charge in [0.25, 0.3) is 5.91 Å². The topological polar surface area (TPSA) is 76.5 Å². The molecule has 3 saturated carbocycles. The summed E-state index contributed by atoms with van der Waals surface area (Å²) in [5.74, 6) is 2.32. The van der Waals surface area contributed by atoms with E-state index in [4.69, 9.17) is 10.2 Å². The van der Waals surface area contributed by atoms with E-state index < -0.39 is 5.91 Å². The number of hydrogen-bond acceptors (Lipinski definition) is 3. The zero-order valence-electron chi connectivity index (χ0n) is 17.7. The molecular formula is C24H32N2O3. The minimum atomic E-state index is -0.459. The van der Waals surface area contributed by atoms with Gasteiger partial charge < -0.3 is 15.1 Å². The Morgan fingerprint density at radius 2 is 1.97 bits per heavy atom. The van der Waals surface area contributed by atoms with E-state index in [1.165, 1.54) is 19.3 Å². The smallest absolute Gasteiger partial charge is 0.284 e. The first-order chi connectivity index (χ1) is 13.8. The molecule has 29 heavy (non-hydrogen) atoms. The molecule has 1 aliphatic heterocycles. The van der Waals surface area contributed by atoms with Crippen molar-refractivity contribution in [3.63, 3.8) is 0 Å². The van der Waals surface area contributed by atoms with Crippen LogP contribution in [-0.2, 0) is 4.79 Å². The quantitative estimate of drug-likeness (QED) is 0.817. The largest absolute Gasteiger partial charge is 0.459 e. The number of rotatable bonds is 2. The van der Waals surface area contributed by atoms with Crippen LogP contribution in [0.3, 0.4) is 0 Å². The van der Waals surface area contributed by atoms with Crippen LogP contribution in [0.5, 0.6) is 0 Å². The highest BCUT2D eigenvalue weighted by molar-refractivity contribution is 5.91. The van der Waals surface area contributed by atoms with Gasteiger partial charge in [-0.2, -0.15) is 0 Å². The number of furan rings is 1. The summed E-state index contributed by atoms with van der Waals surface area (Å²) >= 11 is 0. The molecule has 2 N–H and O–H groups in total. The van der Waals surface area contributed by atoms with Crippen molar-refractivity contribution in [1.82, 2.24) is 4.90 Å². The number of nitrogens with two attached hydrogens (primary N) is 1. The monoisotopic (exact) mass is 396 g/mol. The van der Waals surface area contributed by atoms with E-state index in [1.807, 2.05) is 18.0 Å². The van der Waals surface area contributed by atoms with Gasteiger partial charge in [0.2, 0.25) is 5.91 Å². The zero-order valence-corrected chi connectivity index (χ0v) is 17.7. The molecule has 3 aliphatic carbocycles. The fourth-order valence-corrected chi connectivity index (χ4v) is 8.04. The number of carbonyl (C=O) groups is 2. The fourth-order valence-electron chi connectivity index (χ4n) is 8.04. The summed E-state index contributed by atoms with van der Waals surface area (Å²) in [5, 5.41) is 0. The van der Waals surface area contributed by atoms with Crippen molar-refractivity contribution in [2.75, 3.05) is 7.05 Å². The van der Waals surface area contributed by atoms with E-state index in [-0.39, 0.29) is 16.7 Å². The summed E-state index contributed by atoms with van der Waals surface area (Å²) in [6, 6.07) is 2.28. The highest BCUT2D eigenvalue weighted by Crippen LogP contribution is 2.67. The molecule has 5 rings (SSSR count). The second-order valence-electron chi connectivity index (χ2n) is 10.4. The van der Waals surface area contributed by atoms with Gasteiger partial charge in [0, 0.05) is 24.1 Å². The van der Waals surface area contributed by atoms with Crippen molar-refractivity contribution in [2.45, 2.75) is 64.3 Å². The van der Waals surface area contributed by atoms with E-state index in [0.717, 1.165) is 24.8 Å². The second-order valence-corrected chi connectivity index (χ2v) is 10.4. The molecule has 7 atom stereocenters. The second kappa shape index (κ2) is 6.23. The molecule has 0 bridgehead atoms. The first-order valence-corrected chi connectivity index (χ1v) is 11.1. The molecule has 3 fully saturated rings. The van der Waals surface area contributed by atoms with Gasteiger partial charge in [-0.1, -0.05) is 19.9 Å². The van der Waals surface area contributed by atoms with Crippen LogP contribution in [0, 0.1) is 28.6 Å². The Kier molecular flexibility index (Phi) is 4.07. The first-order valence-electron chi connectivity index (χ1n) is 11.1. The predicted molar refractivity (Wildman–Crippen MR) is 110 cm³/mol. The lowest BCUT2D eigenvalue weighted by atomic mass is 9.47. The zero-order chi connectivity index (χ0) is 20.6. The van der Waals surface area contributed by atoms with Crippen LogP contribution in [0.25, 0.3) is 0 Å². The van der Waals surface area contributed by atoms with Crippen molar-refractivity contribution in [3.8, 4) is 0 Å². The van der Waals surface area contributed by atoms with E-state index in [1.54, 1.807) is 12.3 Å². The maximum atomic E-state index is 12.2. The fraction of sp³-hybridized carbons (Fsp3) is 0.667. The van der Waals surface area contributed by atoms with E-state index in [0.29, 0.717) is 35.5 Å². The van der Waals surface area contributed by atoms with Gasteiger partial charge in [-0.15, -0.1) is 0 Å². The molecule has 0 saturated heterocycles. The summed E-state index contributed by atoms with van der Waals surface area (Å²) in [4.78, 5) is 26.1. The molecule has 4 aliphatic rings. The molecule has 0 spiro atoms. The Labute approximate surface area is 172 Å². The Hall–Kier alpha value is -2.04. The van der Waals surface area contributed by atoms with Crippen molar-refractivity contribution >= 4 is 11.8 Å². The minimum Gasteiger partial charge on any atom is -0.459 e. The molecule has 0 radical (unpaired) electrons. The third-order valence-electron chi connectivity index (χ3n) is 9.42. The van der Waals surface area contributed by atoms with Crippen LogP contribution in [0.4, 0.5) is 0 Å². The molecule has 0 aromatic carbocycles. The highest BCUT2D eigenvalue weighted by Gasteiger charge is 2.60. The van der Waals surface area contributed by atoms with Gasteiger partial charge in [0.05, 0.1) is 6.26 Å². The average molecular weight is 397 g/mol. The van der Waals surface area contributed by atoms with Crippen LogP contribution in [0.2, 0.25) is 0 Å². The van der Waals surface area contributed by atoms with Crippen LogP contribution in [-0.4, -0.2) is 29.8 Å². The molecule has 2 amide bonds. The summed E-state index contributed by atoms with van der Waals surface area (Å²) < 4.78 is 5.46. The minimum absolute atomic E-state index is 0.0685. The van der Waals surface area contributed by atoms with Crippen LogP contribution < -0.4 is 5.73 Å². The van der Waals surface area contributed by atoms with Gasteiger partial charge in [-0.05, 0) is 79.8 Å². The lowest BCUT2D eigenvalue weighted by Gasteiger charge is -2.60. The number of primary amides is 1. The maximum absolute atomic E-state index is 12.2. The summed E-state index contributed by atoms with van der Waals surface area (Å²) in [7, 11) is 1.97. The molecule has 156 valence electrons. The molecule has 5 nitrogen and oxygen atoms in total. The number of amides is 2. The van der Waals surface area contributed by atoms with E-state index in [2.05, 4.69) is 19.9 Å². The van der Waals surface area contributed by atoms with Crippen molar-refractivity contribution < 1.29 is 14.0 Å². The lowest BCUT2D eigenvalue weighted by molar-refractivity contribution is -0.138. The summed E-state index contributed by atoms with van der Waals surface area (Å²) in [5.41, 5.74) is 6.85. The maximum Gasteiger partial charge on any atom is 0.284 e. The van der Waals surface area contributed by atoms with Crippen molar-refractivity contribution in [1.29, 1.82) is 0 Å². The number of fused-ring (bicyclic) bond motifs is 5. The molecule has 2 unspecified atom stereocenters. The third-order valence-corrected chi connectivity index (χ3v) is 9.42. The molecule has 2 heterocycles. The third kappa shape index (κ3) is 2.45. The average Bonchev–Trinajstić information content (AvgIpc) is 3.29. The van der Waals surface area contributed by atoms with E-state index >= 15 is 0 Å². The van der Waals surface area contributed by atoms with Gasteiger partial charge in [0.1, 0.15) is 0 Å². The lowest BCUT2D eigenvalue weighted by Crippen LogP contribution is -2.59. The number of nitrogens with zero attached hydrogens (tertiary/aromatic N) is 1. The Morgan fingerprint density at radius 3 is 2.72 bits per heavy atom. The van der Waals surface area contributed by atoms with Crippen molar-refractivity contribution in [2.24, 2.45) is 34.3 Å². The highest BCUT2D eigenvalue weighted by atomic mass is 16.3. The number of likely N-dealkylation sites (N-methyl/N-ethyl adjacent to an activating group) is 1. The van der Waals surface area contributed by atoms with Gasteiger partial charge in [-0.3, -0.25) is 9.59 Å². The number of carbonyl (C=O) groups excluding carboxylic acids is 2. The Balaban J connectivity index is 1.48. The Bertz CT molecular complexity index is 888. The molecule has 1 aromatic heterocycles. The summed E-state index contributed by atoms with van der Waals surface area (Å²) in [6.07, 6.45) is 12.5. The van der Waals surface area contributed by atoms with Gasteiger partial charge in [0.15, 0.2) is 5.76 Å². The van der Waals surface area contributed by atoms with Gasteiger partial charge in [-0.25, -0.2) is 0 Å².